The number of hydrogen-bond donors (Lipinski definition) is 1. The zero-order valence-electron chi connectivity index (χ0n) is 11.7. The molecule has 0 bridgehead atoms. The van der Waals surface area contributed by atoms with Crippen LogP contribution in [0.1, 0.15) is 51.9 Å². The molecule has 1 atom stereocenters. The minimum absolute atomic E-state index is 0.181. The normalized spacial score (nSPS) is 13.2. The lowest BCUT2D eigenvalue weighted by atomic mass is 10.2. The van der Waals surface area contributed by atoms with Crippen LogP contribution in [0.4, 0.5) is 0 Å². The standard InChI is InChI=1S/C13H24BrN3O/c1-5-7-18-9-12(15-6-2)13-11(14)8-16-17(13)10(3)4/h8,10,12,15H,5-7,9H2,1-4H3. The third kappa shape index (κ3) is 4.07. The lowest BCUT2D eigenvalue weighted by Crippen LogP contribution is -2.28. The Kier molecular flexibility index (Phi) is 6.89. The summed E-state index contributed by atoms with van der Waals surface area (Å²) >= 11 is 3.59. The van der Waals surface area contributed by atoms with Gasteiger partial charge in [-0.3, -0.25) is 4.68 Å². The topological polar surface area (TPSA) is 39.1 Å². The first-order chi connectivity index (χ1) is 8.61. The summed E-state index contributed by atoms with van der Waals surface area (Å²) in [6.07, 6.45) is 2.91. The van der Waals surface area contributed by atoms with Crippen LogP contribution >= 0.6 is 15.9 Å². The highest BCUT2D eigenvalue weighted by atomic mass is 79.9. The van der Waals surface area contributed by atoms with E-state index >= 15 is 0 Å². The maximum absolute atomic E-state index is 5.69. The molecule has 1 aromatic rings. The van der Waals surface area contributed by atoms with Crippen LogP contribution in [0, 0.1) is 0 Å². The Bertz CT molecular complexity index is 352. The molecule has 0 aliphatic heterocycles. The van der Waals surface area contributed by atoms with Gasteiger partial charge in [0.2, 0.25) is 0 Å². The van der Waals surface area contributed by atoms with E-state index in [1.54, 1.807) is 0 Å². The molecule has 0 fully saturated rings. The molecule has 0 aliphatic carbocycles. The highest BCUT2D eigenvalue weighted by molar-refractivity contribution is 9.10. The second-order valence-corrected chi connectivity index (χ2v) is 5.46. The van der Waals surface area contributed by atoms with Gasteiger partial charge in [-0.25, -0.2) is 0 Å². The first-order valence-corrected chi connectivity index (χ1v) is 7.45. The van der Waals surface area contributed by atoms with Gasteiger partial charge in [0.05, 0.1) is 29.0 Å². The van der Waals surface area contributed by atoms with Crippen LogP contribution in [-0.4, -0.2) is 29.5 Å². The molecular weight excluding hydrogens is 294 g/mol. The van der Waals surface area contributed by atoms with E-state index in [9.17, 15) is 0 Å². The second kappa shape index (κ2) is 7.92. The molecule has 1 aromatic heterocycles. The van der Waals surface area contributed by atoms with Crippen molar-refractivity contribution in [2.45, 2.75) is 46.2 Å². The number of halogens is 1. The summed E-state index contributed by atoms with van der Waals surface area (Å²) in [7, 11) is 0. The summed E-state index contributed by atoms with van der Waals surface area (Å²) in [5.74, 6) is 0. The molecule has 0 amide bonds. The quantitative estimate of drug-likeness (QED) is 0.748. The molecule has 0 aromatic carbocycles. The van der Waals surface area contributed by atoms with Crippen molar-refractivity contribution in [2.24, 2.45) is 0 Å². The molecule has 1 N–H and O–H groups in total. The Hall–Kier alpha value is -0.390. The van der Waals surface area contributed by atoms with Crippen molar-refractivity contribution < 1.29 is 4.74 Å². The van der Waals surface area contributed by atoms with Crippen LogP contribution in [0.3, 0.4) is 0 Å². The Morgan fingerprint density at radius 1 is 1.44 bits per heavy atom. The highest BCUT2D eigenvalue weighted by Crippen LogP contribution is 2.26. The first-order valence-electron chi connectivity index (χ1n) is 6.65. The maximum Gasteiger partial charge on any atom is 0.0741 e. The van der Waals surface area contributed by atoms with Crippen molar-refractivity contribution in [2.75, 3.05) is 19.8 Å². The molecule has 4 nitrogen and oxygen atoms in total. The largest absolute Gasteiger partial charge is 0.379 e. The highest BCUT2D eigenvalue weighted by Gasteiger charge is 2.20. The molecule has 104 valence electrons. The molecule has 1 heterocycles. The van der Waals surface area contributed by atoms with Gasteiger partial charge in [0.25, 0.3) is 0 Å². The molecule has 0 spiro atoms. The lowest BCUT2D eigenvalue weighted by molar-refractivity contribution is 0.109. The SMILES string of the molecule is CCCOCC(NCC)c1c(Br)cnn1C(C)C. The average molecular weight is 318 g/mol. The van der Waals surface area contributed by atoms with Crippen LogP contribution in [0.15, 0.2) is 10.7 Å². The first kappa shape index (κ1) is 15.7. The van der Waals surface area contributed by atoms with Crippen LogP contribution in [0.25, 0.3) is 0 Å². The van der Waals surface area contributed by atoms with Crippen LogP contribution in [0.5, 0.6) is 0 Å². The zero-order valence-corrected chi connectivity index (χ0v) is 13.3. The summed E-state index contributed by atoms with van der Waals surface area (Å²) in [5.41, 5.74) is 1.17. The number of aromatic nitrogens is 2. The Balaban J connectivity index is 2.86. The van der Waals surface area contributed by atoms with Gasteiger partial charge in [-0.1, -0.05) is 13.8 Å². The predicted octanol–water partition coefficient (Wildman–Crippen LogP) is 3.30. The van der Waals surface area contributed by atoms with E-state index in [1.807, 2.05) is 10.9 Å². The van der Waals surface area contributed by atoms with Gasteiger partial charge in [0.1, 0.15) is 0 Å². The molecule has 0 saturated carbocycles. The van der Waals surface area contributed by atoms with E-state index < -0.39 is 0 Å². The van der Waals surface area contributed by atoms with Gasteiger partial charge in [0.15, 0.2) is 0 Å². The molecule has 1 rings (SSSR count). The Labute approximate surface area is 118 Å². The molecular formula is C13H24BrN3O. The van der Waals surface area contributed by atoms with E-state index in [-0.39, 0.29) is 6.04 Å². The molecule has 0 saturated heterocycles. The number of hydrogen-bond acceptors (Lipinski definition) is 3. The summed E-state index contributed by atoms with van der Waals surface area (Å²) in [5, 5.41) is 7.89. The lowest BCUT2D eigenvalue weighted by Gasteiger charge is -2.21. The maximum atomic E-state index is 5.69. The number of rotatable bonds is 8. The second-order valence-electron chi connectivity index (χ2n) is 4.60. The summed E-state index contributed by atoms with van der Waals surface area (Å²) in [6.45, 7) is 10.9. The van der Waals surface area contributed by atoms with Crippen molar-refractivity contribution in [3.63, 3.8) is 0 Å². The monoisotopic (exact) mass is 317 g/mol. The molecule has 0 aliphatic rings. The van der Waals surface area contributed by atoms with Gasteiger partial charge in [0, 0.05) is 12.6 Å². The van der Waals surface area contributed by atoms with Crippen molar-refractivity contribution in [1.82, 2.24) is 15.1 Å². The van der Waals surface area contributed by atoms with E-state index in [4.69, 9.17) is 4.74 Å². The average Bonchev–Trinajstić information content (AvgIpc) is 2.70. The predicted molar refractivity (Wildman–Crippen MR) is 77.8 cm³/mol. The molecule has 5 heteroatoms. The summed E-state index contributed by atoms with van der Waals surface area (Å²) in [4.78, 5) is 0. The molecule has 1 unspecified atom stereocenters. The van der Waals surface area contributed by atoms with Crippen molar-refractivity contribution in [3.05, 3.63) is 16.4 Å². The van der Waals surface area contributed by atoms with Gasteiger partial charge < -0.3 is 10.1 Å². The zero-order chi connectivity index (χ0) is 13.5. The third-order valence-electron chi connectivity index (χ3n) is 2.69. The van der Waals surface area contributed by atoms with Gasteiger partial charge in [-0.15, -0.1) is 0 Å². The van der Waals surface area contributed by atoms with E-state index in [0.717, 1.165) is 24.0 Å². The fraction of sp³-hybridized carbons (Fsp3) is 0.769. The van der Waals surface area contributed by atoms with Crippen LogP contribution in [0.2, 0.25) is 0 Å². The fourth-order valence-electron chi connectivity index (χ4n) is 1.91. The van der Waals surface area contributed by atoms with Crippen LogP contribution < -0.4 is 5.32 Å². The van der Waals surface area contributed by atoms with Crippen LogP contribution in [-0.2, 0) is 4.74 Å². The molecule has 0 radical (unpaired) electrons. The number of nitrogens with one attached hydrogen (secondary N) is 1. The number of ether oxygens (including phenoxy) is 1. The van der Waals surface area contributed by atoms with Crippen molar-refractivity contribution >= 4 is 15.9 Å². The summed E-state index contributed by atoms with van der Waals surface area (Å²) in [6, 6.07) is 0.527. The summed E-state index contributed by atoms with van der Waals surface area (Å²) < 4.78 is 8.78. The minimum Gasteiger partial charge on any atom is -0.379 e. The van der Waals surface area contributed by atoms with E-state index in [2.05, 4.69) is 54.0 Å². The Morgan fingerprint density at radius 2 is 2.17 bits per heavy atom. The van der Waals surface area contributed by atoms with Gasteiger partial charge >= 0.3 is 0 Å². The third-order valence-corrected chi connectivity index (χ3v) is 3.30. The van der Waals surface area contributed by atoms with Gasteiger partial charge in [-0.2, -0.15) is 5.10 Å². The van der Waals surface area contributed by atoms with Gasteiger partial charge in [-0.05, 0) is 42.7 Å². The van der Waals surface area contributed by atoms with E-state index in [1.165, 1.54) is 5.69 Å². The smallest absolute Gasteiger partial charge is 0.0741 e. The number of nitrogens with zero attached hydrogens (tertiary/aromatic N) is 2. The van der Waals surface area contributed by atoms with E-state index in [0.29, 0.717) is 12.6 Å². The number of likely N-dealkylation sites (N-methyl/N-ethyl adjacent to an activating group) is 1. The Morgan fingerprint density at radius 3 is 2.72 bits per heavy atom. The van der Waals surface area contributed by atoms with Crippen molar-refractivity contribution in [1.29, 1.82) is 0 Å². The van der Waals surface area contributed by atoms with Crippen molar-refractivity contribution in [3.8, 4) is 0 Å². The molecule has 18 heavy (non-hydrogen) atoms. The minimum atomic E-state index is 0.181. The fourth-order valence-corrected chi connectivity index (χ4v) is 2.46.